The molecule has 0 spiro atoms. The molecule has 0 fully saturated rings. The van der Waals surface area contributed by atoms with Gasteiger partial charge in [-0.05, 0) is 6.92 Å². The maximum Gasteiger partial charge on any atom is 0.348 e. The lowest BCUT2D eigenvalue weighted by atomic mass is 10.2. The Kier molecular flexibility index (Phi) is 5.77. The zero-order valence-electron chi connectivity index (χ0n) is 8.26. The van der Waals surface area contributed by atoms with Gasteiger partial charge in [0.1, 0.15) is 0 Å². The van der Waals surface area contributed by atoms with E-state index in [0.29, 0.717) is 0 Å². The SMILES string of the molecule is C=CC(=O)OC(CC(=O)O)C(=O)OCC. The molecule has 0 saturated heterocycles. The summed E-state index contributed by atoms with van der Waals surface area (Å²) in [6.45, 7) is 4.77. The molecule has 0 aliphatic heterocycles. The monoisotopic (exact) mass is 216 g/mol. The van der Waals surface area contributed by atoms with Crippen LogP contribution in [0.2, 0.25) is 0 Å². The van der Waals surface area contributed by atoms with E-state index in [-0.39, 0.29) is 6.61 Å². The first-order chi connectivity index (χ1) is 7.01. The molecule has 1 unspecified atom stereocenters. The average Bonchev–Trinajstić information content (AvgIpc) is 2.16. The number of carbonyl (C=O) groups is 3. The summed E-state index contributed by atoms with van der Waals surface area (Å²) >= 11 is 0. The van der Waals surface area contributed by atoms with E-state index >= 15 is 0 Å². The quantitative estimate of drug-likeness (QED) is 0.501. The van der Waals surface area contributed by atoms with Crippen molar-refractivity contribution in [2.75, 3.05) is 6.61 Å². The first-order valence-corrected chi connectivity index (χ1v) is 4.22. The summed E-state index contributed by atoms with van der Waals surface area (Å²) in [5.74, 6) is -3.01. The third-order valence-corrected chi connectivity index (χ3v) is 1.33. The van der Waals surface area contributed by atoms with Crippen LogP contribution < -0.4 is 0 Å². The van der Waals surface area contributed by atoms with Crippen LogP contribution in [0.5, 0.6) is 0 Å². The Morgan fingerprint density at radius 3 is 2.47 bits per heavy atom. The second-order valence-corrected chi connectivity index (χ2v) is 2.48. The van der Waals surface area contributed by atoms with E-state index in [2.05, 4.69) is 16.1 Å². The fourth-order valence-corrected chi connectivity index (χ4v) is 0.755. The lowest BCUT2D eigenvalue weighted by Gasteiger charge is -2.13. The number of carbonyl (C=O) groups excluding carboxylic acids is 2. The topological polar surface area (TPSA) is 89.9 Å². The molecule has 0 rings (SSSR count). The van der Waals surface area contributed by atoms with Crippen LogP contribution in [0.1, 0.15) is 13.3 Å². The van der Waals surface area contributed by atoms with E-state index in [4.69, 9.17) is 5.11 Å². The first-order valence-electron chi connectivity index (χ1n) is 4.22. The van der Waals surface area contributed by atoms with E-state index < -0.39 is 30.4 Å². The van der Waals surface area contributed by atoms with Crippen LogP contribution in [0.15, 0.2) is 12.7 Å². The lowest BCUT2D eigenvalue weighted by molar-refractivity contribution is -0.168. The molecule has 0 amide bonds. The van der Waals surface area contributed by atoms with Gasteiger partial charge in [0.15, 0.2) is 0 Å². The molecule has 0 radical (unpaired) electrons. The minimum Gasteiger partial charge on any atom is -0.481 e. The molecule has 0 bridgehead atoms. The highest BCUT2D eigenvalue weighted by molar-refractivity contribution is 5.87. The van der Waals surface area contributed by atoms with Gasteiger partial charge in [0.2, 0.25) is 6.10 Å². The van der Waals surface area contributed by atoms with E-state index in [9.17, 15) is 14.4 Å². The van der Waals surface area contributed by atoms with E-state index in [1.165, 1.54) is 0 Å². The van der Waals surface area contributed by atoms with E-state index in [0.717, 1.165) is 6.08 Å². The van der Waals surface area contributed by atoms with Gasteiger partial charge >= 0.3 is 17.9 Å². The van der Waals surface area contributed by atoms with Crippen LogP contribution in [-0.2, 0) is 23.9 Å². The summed E-state index contributed by atoms with van der Waals surface area (Å²) in [5, 5.41) is 8.46. The Balaban J connectivity index is 4.42. The second-order valence-electron chi connectivity index (χ2n) is 2.48. The average molecular weight is 216 g/mol. The number of carboxylic acid groups (broad SMARTS) is 1. The van der Waals surface area contributed by atoms with Gasteiger partial charge in [-0.15, -0.1) is 0 Å². The predicted molar refractivity (Wildman–Crippen MR) is 49.0 cm³/mol. The van der Waals surface area contributed by atoms with Crippen LogP contribution in [0.25, 0.3) is 0 Å². The minimum absolute atomic E-state index is 0.0839. The lowest BCUT2D eigenvalue weighted by Crippen LogP contribution is -2.31. The molecule has 15 heavy (non-hydrogen) atoms. The summed E-state index contributed by atoms with van der Waals surface area (Å²) < 4.78 is 9.05. The molecule has 0 aromatic heterocycles. The van der Waals surface area contributed by atoms with Gasteiger partial charge < -0.3 is 14.6 Å². The fraction of sp³-hybridized carbons (Fsp3) is 0.444. The minimum atomic E-state index is -1.42. The standard InChI is InChI=1S/C9H12O6/c1-3-8(12)15-6(5-7(10)11)9(13)14-4-2/h3,6H,1,4-5H2,2H3,(H,10,11). The van der Waals surface area contributed by atoms with Crippen molar-refractivity contribution in [3.63, 3.8) is 0 Å². The normalized spacial score (nSPS) is 11.3. The van der Waals surface area contributed by atoms with Gasteiger partial charge in [-0.1, -0.05) is 6.58 Å². The molecule has 0 aromatic carbocycles. The van der Waals surface area contributed by atoms with E-state index in [1.54, 1.807) is 6.92 Å². The molecule has 84 valence electrons. The van der Waals surface area contributed by atoms with Crippen molar-refractivity contribution in [2.45, 2.75) is 19.4 Å². The smallest absolute Gasteiger partial charge is 0.348 e. The molecule has 6 nitrogen and oxygen atoms in total. The summed E-state index contributed by atoms with van der Waals surface area (Å²) in [6, 6.07) is 0. The Morgan fingerprint density at radius 2 is 2.07 bits per heavy atom. The summed E-state index contributed by atoms with van der Waals surface area (Å²) in [5.41, 5.74) is 0. The number of aliphatic carboxylic acids is 1. The van der Waals surface area contributed by atoms with Crippen molar-refractivity contribution >= 4 is 17.9 Å². The number of hydrogen-bond acceptors (Lipinski definition) is 5. The van der Waals surface area contributed by atoms with Gasteiger partial charge in [0.25, 0.3) is 0 Å². The van der Waals surface area contributed by atoms with Gasteiger partial charge in [-0.25, -0.2) is 9.59 Å². The van der Waals surface area contributed by atoms with Crippen molar-refractivity contribution in [3.05, 3.63) is 12.7 Å². The summed E-state index contributed by atoms with van der Waals surface area (Å²) in [4.78, 5) is 32.3. The third-order valence-electron chi connectivity index (χ3n) is 1.33. The molecule has 0 saturated carbocycles. The summed E-state index contributed by atoms with van der Waals surface area (Å²) in [6.07, 6.45) is -1.21. The Morgan fingerprint density at radius 1 is 1.47 bits per heavy atom. The largest absolute Gasteiger partial charge is 0.481 e. The molecular weight excluding hydrogens is 204 g/mol. The molecular formula is C9H12O6. The molecule has 1 atom stereocenters. The van der Waals surface area contributed by atoms with Crippen LogP contribution in [0.4, 0.5) is 0 Å². The molecule has 6 heteroatoms. The van der Waals surface area contributed by atoms with Crippen molar-refractivity contribution in [2.24, 2.45) is 0 Å². The van der Waals surface area contributed by atoms with Crippen LogP contribution in [0.3, 0.4) is 0 Å². The summed E-state index contributed by atoms with van der Waals surface area (Å²) in [7, 11) is 0. The van der Waals surface area contributed by atoms with Gasteiger partial charge in [0, 0.05) is 6.08 Å². The molecule has 0 aliphatic rings. The maximum absolute atomic E-state index is 11.1. The molecule has 0 aromatic rings. The van der Waals surface area contributed by atoms with Crippen molar-refractivity contribution in [1.82, 2.24) is 0 Å². The molecule has 0 aliphatic carbocycles. The Labute approximate surface area is 86.5 Å². The highest BCUT2D eigenvalue weighted by atomic mass is 16.6. The Hall–Kier alpha value is -1.85. The third kappa shape index (κ3) is 5.45. The fourth-order valence-electron chi connectivity index (χ4n) is 0.755. The number of carboxylic acids is 1. The van der Waals surface area contributed by atoms with Crippen LogP contribution in [0, 0.1) is 0 Å². The van der Waals surface area contributed by atoms with Crippen molar-refractivity contribution in [1.29, 1.82) is 0 Å². The predicted octanol–water partition coefficient (Wildman–Crippen LogP) is 0.122. The number of hydrogen-bond donors (Lipinski definition) is 1. The van der Waals surface area contributed by atoms with E-state index in [1.807, 2.05) is 0 Å². The van der Waals surface area contributed by atoms with Crippen LogP contribution in [-0.4, -0.2) is 35.7 Å². The molecule has 0 heterocycles. The number of ether oxygens (including phenoxy) is 2. The first kappa shape index (κ1) is 13.2. The highest BCUT2D eigenvalue weighted by Gasteiger charge is 2.26. The van der Waals surface area contributed by atoms with Gasteiger partial charge in [-0.3, -0.25) is 4.79 Å². The number of esters is 2. The zero-order chi connectivity index (χ0) is 11.8. The maximum atomic E-state index is 11.1. The van der Waals surface area contributed by atoms with Gasteiger partial charge in [-0.2, -0.15) is 0 Å². The highest BCUT2D eigenvalue weighted by Crippen LogP contribution is 2.03. The van der Waals surface area contributed by atoms with Crippen molar-refractivity contribution in [3.8, 4) is 0 Å². The van der Waals surface area contributed by atoms with Gasteiger partial charge in [0.05, 0.1) is 13.0 Å². The Bertz CT molecular complexity index is 270. The number of rotatable bonds is 6. The second kappa shape index (κ2) is 6.58. The zero-order valence-corrected chi connectivity index (χ0v) is 8.26. The molecule has 1 N–H and O–H groups in total. The van der Waals surface area contributed by atoms with Crippen LogP contribution >= 0.6 is 0 Å². The van der Waals surface area contributed by atoms with Crippen molar-refractivity contribution < 1.29 is 29.0 Å².